The van der Waals surface area contributed by atoms with Gasteiger partial charge in [-0.15, -0.1) is 0 Å². The van der Waals surface area contributed by atoms with Crippen LogP contribution in [0.15, 0.2) is 36.4 Å². The number of hydrogen-bond donors (Lipinski definition) is 1. The van der Waals surface area contributed by atoms with Crippen LogP contribution in [0.5, 0.6) is 11.5 Å². The van der Waals surface area contributed by atoms with Gasteiger partial charge in [0.25, 0.3) is 5.91 Å². The molecule has 3 rings (SSSR count). The molecule has 0 radical (unpaired) electrons. The summed E-state index contributed by atoms with van der Waals surface area (Å²) >= 11 is 6.25. The van der Waals surface area contributed by atoms with Gasteiger partial charge in [0.15, 0.2) is 11.6 Å². The second-order valence-electron chi connectivity index (χ2n) is 6.73. The van der Waals surface area contributed by atoms with Crippen molar-refractivity contribution >= 4 is 17.5 Å². The summed E-state index contributed by atoms with van der Waals surface area (Å²) in [6.45, 7) is 0.761. The van der Waals surface area contributed by atoms with Crippen molar-refractivity contribution in [1.82, 2.24) is 5.32 Å². The number of amides is 1. The zero-order chi connectivity index (χ0) is 19.2. The SMILES string of the molecule is COc1ccc(CNC(=O)c2c(Cl)cccc2OCC2CCCC2)cc1F. The van der Waals surface area contributed by atoms with Crippen molar-refractivity contribution < 1.29 is 18.7 Å². The predicted octanol–water partition coefficient (Wildman–Crippen LogP) is 4.99. The van der Waals surface area contributed by atoms with Crippen molar-refractivity contribution in [2.45, 2.75) is 32.2 Å². The lowest BCUT2D eigenvalue weighted by Crippen LogP contribution is -2.24. The molecular weight excluding hydrogens is 369 g/mol. The Morgan fingerprint density at radius 2 is 2.00 bits per heavy atom. The molecule has 1 saturated carbocycles. The second-order valence-corrected chi connectivity index (χ2v) is 7.13. The van der Waals surface area contributed by atoms with E-state index in [1.807, 2.05) is 0 Å². The molecule has 0 aromatic heterocycles. The fourth-order valence-electron chi connectivity index (χ4n) is 3.32. The Labute approximate surface area is 163 Å². The van der Waals surface area contributed by atoms with E-state index in [1.54, 1.807) is 24.3 Å². The number of benzene rings is 2. The molecule has 2 aromatic carbocycles. The summed E-state index contributed by atoms with van der Waals surface area (Å²) in [7, 11) is 1.41. The number of ether oxygens (including phenoxy) is 2. The highest BCUT2D eigenvalue weighted by molar-refractivity contribution is 6.34. The van der Waals surface area contributed by atoms with Gasteiger partial charge < -0.3 is 14.8 Å². The van der Waals surface area contributed by atoms with Crippen LogP contribution in [0.1, 0.15) is 41.6 Å². The van der Waals surface area contributed by atoms with Crippen LogP contribution in [0.2, 0.25) is 5.02 Å². The molecule has 0 saturated heterocycles. The van der Waals surface area contributed by atoms with Crippen molar-refractivity contribution in [3.8, 4) is 11.5 Å². The maximum absolute atomic E-state index is 13.8. The predicted molar refractivity (Wildman–Crippen MR) is 103 cm³/mol. The molecule has 0 bridgehead atoms. The molecule has 1 amide bonds. The van der Waals surface area contributed by atoms with E-state index < -0.39 is 5.82 Å². The van der Waals surface area contributed by atoms with Crippen LogP contribution in [-0.2, 0) is 6.54 Å². The molecule has 144 valence electrons. The summed E-state index contributed by atoms with van der Waals surface area (Å²) in [6, 6.07) is 9.74. The molecule has 0 aliphatic heterocycles. The number of carbonyl (C=O) groups excluding carboxylic acids is 1. The van der Waals surface area contributed by atoms with Gasteiger partial charge in [-0.05, 0) is 48.6 Å². The summed E-state index contributed by atoms with van der Waals surface area (Å²) < 4.78 is 24.6. The summed E-state index contributed by atoms with van der Waals surface area (Å²) in [5.74, 6) is 0.356. The van der Waals surface area contributed by atoms with Gasteiger partial charge in [-0.2, -0.15) is 0 Å². The van der Waals surface area contributed by atoms with E-state index in [9.17, 15) is 9.18 Å². The van der Waals surface area contributed by atoms with Crippen LogP contribution in [0, 0.1) is 11.7 Å². The monoisotopic (exact) mass is 391 g/mol. The molecule has 1 aliphatic rings. The largest absolute Gasteiger partial charge is 0.494 e. The van der Waals surface area contributed by atoms with Crippen molar-refractivity contribution in [3.63, 3.8) is 0 Å². The number of hydrogen-bond acceptors (Lipinski definition) is 3. The molecule has 1 aliphatic carbocycles. The van der Waals surface area contributed by atoms with Gasteiger partial charge in [-0.3, -0.25) is 4.79 Å². The van der Waals surface area contributed by atoms with Gasteiger partial charge in [0.05, 0.1) is 24.3 Å². The fourth-order valence-corrected chi connectivity index (χ4v) is 3.57. The van der Waals surface area contributed by atoms with E-state index in [0.29, 0.717) is 34.4 Å². The topological polar surface area (TPSA) is 47.6 Å². The highest BCUT2D eigenvalue weighted by Crippen LogP contribution is 2.30. The van der Waals surface area contributed by atoms with Gasteiger partial charge in [-0.25, -0.2) is 4.39 Å². The molecule has 0 unspecified atom stereocenters. The van der Waals surface area contributed by atoms with E-state index in [4.69, 9.17) is 21.1 Å². The molecule has 0 spiro atoms. The number of rotatable bonds is 7. The Morgan fingerprint density at radius 3 is 2.70 bits per heavy atom. The highest BCUT2D eigenvalue weighted by Gasteiger charge is 2.20. The molecule has 1 fully saturated rings. The quantitative estimate of drug-likeness (QED) is 0.723. The Bertz CT molecular complexity index is 806. The average molecular weight is 392 g/mol. The van der Waals surface area contributed by atoms with Crippen LogP contribution in [0.3, 0.4) is 0 Å². The number of carbonyl (C=O) groups is 1. The summed E-state index contributed by atoms with van der Waals surface area (Å²) in [5, 5.41) is 3.11. The fraction of sp³-hybridized carbons (Fsp3) is 0.381. The third-order valence-corrected chi connectivity index (χ3v) is 5.14. The molecule has 0 atom stereocenters. The van der Waals surface area contributed by atoms with E-state index in [0.717, 1.165) is 12.8 Å². The van der Waals surface area contributed by atoms with Gasteiger partial charge in [0, 0.05) is 6.54 Å². The minimum atomic E-state index is -0.470. The lowest BCUT2D eigenvalue weighted by atomic mass is 10.1. The Balaban J connectivity index is 1.67. The maximum atomic E-state index is 13.8. The lowest BCUT2D eigenvalue weighted by molar-refractivity contribution is 0.0946. The molecule has 4 nitrogen and oxygen atoms in total. The van der Waals surface area contributed by atoms with E-state index in [1.165, 1.54) is 32.1 Å². The summed E-state index contributed by atoms with van der Waals surface area (Å²) in [6.07, 6.45) is 4.78. The standard InChI is InChI=1S/C21H23ClFNO3/c1-26-18-10-9-15(11-17(18)23)12-24-21(25)20-16(22)7-4-8-19(20)27-13-14-5-2-3-6-14/h4,7-11,14H,2-3,5-6,12-13H2,1H3,(H,24,25). The number of nitrogens with one attached hydrogen (secondary N) is 1. The average Bonchev–Trinajstić information content (AvgIpc) is 3.18. The van der Waals surface area contributed by atoms with E-state index in [-0.39, 0.29) is 18.2 Å². The Kier molecular flexibility index (Phi) is 6.56. The maximum Gasteiger partial charge on any atom is 0.256 e. The zero-order valence-corrected chi connectivity index (χ0v) is 16.0. The van der Waals surface area contributed by atoms with E-state index in [2.05, 4.69) is 5.32 Å². The van der Waals surface area contributed by atoms with Crippen LogP contribution in [-0.4, -0.2) is 19.6 Å². The third-order valence-electron chi connectivity index (χ3n) is 4.82. The van der Waals surface area contributed by atoms with Crippen molar-refractivity contribution in [1.29, 1.82) is 0 Å². The second kappa shape index (κ2) is 9.09. The van der Waals surface area contributed by atoms with Crippen LogP contribution in [0.25, 0.3) is 0 Å². The first-order chi connectivity index (χ1) is 13.1. The van der Waals surface area contributed by atoms with Crippen molar-refractivity contribution in [2.75, 3.05) is 13.7 Å². The molecule has 1 N–H and O–H groups in total. The van der Waals surface area contributed by atoms with Gasteiger partial charge in [-0.1, -0.05) is 36.6 Å². The first-order valence-corrected chi connectivity index (χ1v) is 9.48. The third kappa shape index (κ3) is 4.92. The molecular formula is C21H23ClFNO3. The molecule has 6 heteroatoms. The first kappa shape index (κ1) is 19.5. The minimum Gasteiger partial charge on any atom is -0.494 e. The van der Waals surface area contributed by atoms with Crippen LogP contribution in [0.4, 0.5) is 4.39 Å². The summed E-state index contributed by atoms with van der Waals surface area (Å²) in [4.78, 5) is 12.7. The normalized spacial score (nSPS) is 14.2. The molecule has 2 aromatic rings. The van der Waals surface area contributed by atoms with Crippen LogP contribution >= 0.6 is 11.6 Å². The zero-order valence-electron chi connectivity index (χ0n) is 15.3. The van der Waals surface area contributed by atoms with Crippen molar-refractivity contribution in [3.05, 3.63) is 58.4 Å². The molecule has 0 heterocycles. The van der Waals surface area contributed by atoms with Gasteiger partial charge in [0.1, 0.15) is 5.75 Å². The summed E-state index contributed by atoms with van der Waals surface area (Å²) in [5.41, 5.74) is 0.938. The smallest absolute Gasteiger partial charge is 0.256 e. The number of halogens is 2. The molecule has 27 heavy (non-hydrogen) atoms. The van der Waals surface area contributed by atoms with Crippen molar-refractivity contribution in [2.24, 2.45) is 5.92 Å². The Hall–Kier alpha value is -2.27. The van der Waals surface area contributed by atoms with Gasteiger partial charge in [0.2, 0.25) is 0 Å². The lowest BCUT2D eigenvalue weighted by Gasteiger charge is -2.16. The van der Waals surface area contributed by atoms with Gasteiger partial charge >= 0.3 is 0 Å². The highest BCUT2D eigenvalue weighted by atomic mass is 35.5. The Morgan fingerprint density at radius 1 is 1.22 bits per heavy atom. The number of methoxy groups -OCH3 is 1. The minimum absolute atomic E-state index is 0.166. The first-order valence-electron chi connectivity index (χ1n) is 9.10. The van der Waals surface area contributed by atoms with E-state index >= 15 is 0 Å². The van der Waals surface area contributed by atoms with Crippen LogP contribution < -0.4 is 14.8 Å².